The first-order valence-corrected chi connectivity index (χ1v) is 7.16. The summed E-state index contributed by atoms with van der Waals surface area (Å²) >= 11 is 0. The molecule has 16 heavy (non-hydrogen) atoms. The minimum absolute atomic E-state index is 0.706. The van der Waals surface area contributed by atoms with Crippen LogP contribution in [-0.4, -0.2) is 36.1 Å². The molecule has 0 aromatic carbocycles. The molecule has 94 valence electrons. The van der Waals surface area contributed by atoms with Crippen LogP contribution < -0.4 is 5.32 Å². The Bertz CT molecular complexity index is 209. The highest BCUT2D eigenvalue weighted by molar-refractivity contribution is 4.87. The highest BCUT2D eigenvalue weighted by Gasteiger charge is 2.30. The fraction of sp³-hybridized carbons (Fsp3) is 1.00. The van der Waals surface area contributed by atoms with Gasteiger partial charge in [-0.3, -0.25) is 4.90 Å². The molecule has 1 saturated heterocycles. The summed E-state index contributed by atoms with van der Waals surface area (Å²) in [5.41, 5.74) is 0. The first kappa shape index (κ1) is 12.4. The maximum absolute atomic E-state index is 3.63. The maximum atomic E-state index is 3.63. The van der Waals surface area contributed by atoms with Crippen LogP contribution in [0.25, 0.3) is 0 Å². The van der Waals surface area contributed by atoms with Crippen molar-refractivity contribution < 1.29 is 0 Å². The number of hydrogen-bond acceptors (Lipinski definition) is 2. The second-order valence-corrected chi connectivity index (χ2v) is 6.16. The summed E-state index contributed by atoms with van der Waals surface area (Å²) in [4.78, 5) is 2.76. The Hall–Kier alpha value is -0.0800. The van der Waals surface area contributed by atoms with Crippen LogP contribution in [0.2, 0.25) is 0 Å². The van der Waals surface area contributed by atoms with Crippen molar-refractivity contribution in [2.24, 2.45) is 5.92 Å². The Morgan fingerprint density at radius 3 is 2.56 bits per heavy atom. The molecule has 2 heteroatoms. The Morgan fingerprint density at radius 2 is 2.06 bits per heavy atom. The second kappa shape index (κ2) is 5.50. The van der Waals surface area contributed by atoms with Gasteiger partial charge in [0.1, 0.15) is 0 Å². The van der Waals surface area contributed by atoms with E-state index >= 15 is 0 Å². The van der Waals surface area contributed by atoms with Gasteiger partial charge in [-0.1, -0.05) is 6.92 Å². The van der Waals surface area contributed by atoms with Crippen LogP contribution in [0.5, 0.6) is 0 Å². The summed E-state index contributed by atoms with van der Waals surface area (Å²) in [5, 5.41) is 3.63. The zero-order chi connectivity index (χ0) is 11.5. The van der Waals surface area contributed by atoms with E-state index in [1.165, 1.54) is 45.2 Å². The minimum atomic E-state index is 0.706. The molecule has 0 spiro atoms. The molecule has 0 aromatic heterocycles. The van der Waals surface area contributed by atoms with Gasteiger partial charge in [-0.2, -0.15) is 0 Å². The van der Waals surface area contributed by atoms with Crippen molar-refractivity contribution in [1.29, 1.82) is 0 Å². The van der Waals surface area contributed by atoms with Crippen molar-refractivity contribution in [1.82, 2.24) is 10.2 Å². The van der Waals surface area contributed by atoms with Gasteiger partial charge in [-0.25, -0.2) is 0 Å². The lowest BCUT2D eigenvalue weighted by Gasteiger charge is -2.35. The van der Waals surface area contributed by atoms with Crippen LogP contribution >= 0.6 is 0 Å². The molecule has 0 bridgehead atoms. The first-order chi connectivity index (χ1) is 7.66. The monoisotopic (exact) mass is 224 g/mol. The molecular weight excluding hydrogens is 196 g/mol. The lowest BCUT2D eigenvalue weighted by Crippen LogP contribution is -2.46. The zero-order valence-electron chi connectivity index (χ0n) is 11.2. The Kier molecular flexibility index (Phi) is 4.26. The molecule has 0 amide bonds. The van der Waals surface area contributed by atoms with Crippen molar-refractivity contribution >= 4 is 0 Å². The molecule has 1 heterocycles. The predicted octanol–water partition coefficient (Wildman–Crippen LogP) is 2.64. The summed E-state index contributed by atoms with van der Waals surface area (Å²) in [7, 11) is 0. The fourth-order valence-electron chi connectivity index (χ4n) is 3.43. The van der Waals surface area contributed by atoms with E-state index in [0.717, 1.165) is 18.0 Å². The van der Waals surface area contributed by atoms with E-state index in [0.29, 0.717) is 6.04 Å². The molecule has 0 aromatic rings. The van der Waals surface area contributed by atoms with Gasteiger partial charge in [-0.05, 0) is 58.4 Å². The van der Waals surface area contributed by atoms with Gasteiger partial charge < -0.3 is 5.32 Å². The first-order valence-electron chi connectivity index (χ1n) is 7.16. The van der Waals surface area contributed by atoms with Gasteiger partial charge in [0.25, 0.3) is 0 Å². The summed E-state index contributed by atoms with van der Waals surface area (Å²) in [6, 6.07) is 2.33. The van der Waals surface area contributed by atoms with Crippen LogP contribution in [0, 0.1) is 5.92 Å². The van der Waals surface area contributed by atoms with Gasteiger partial charge in [0.05, 0.1) is 0 Å². The molecule has 1 aliphatic carbocycles. The predicted molar refractivity (Wildman–Crippen MR) is 69.7 cm³/mol. The van der Waals surface area contributed by atoms with E-state index in [1.807, 2.05) is 0 Å². The molecule has 2 rings (SSSR count). The molecule has 2 fully saturated rings. The third kappa shape index (κ3) is 2.98. The van der Waals surface area contributed by atoms with Crippen molar-refractivity contribution in [2.45, 2.75) is 71.0 Å². The molecule has 3 unspecified atom stereocenters. The van der Waals surface area contributed by atoms with E-state index in [4.69, 9.17) is 0 Å². The molecule has 2 aliphatic rings. The normalized spacial score (nSPS) is 35.4. The van der Waals surface area contributed by atoms with Crippen LogP contribution in [0.15, 0.2) is 0 Å². The van der Waals surface area contributed by atoms with Crippen molar-refractivity contribution in [3.05, 3.63) is 0 Å². The number of hydrogen-bond donors (Lipinski definition) is 1. The van der Waals surface area contributed by atoms with Crippen LogP contribution in [0.4, 0.5) is 0 Å². The van der Waals surface area contributed by atoms with Gasteiger partial charge in [0.15, 0.2) is 0 Å². The quantitative estimate of drug-likeness (QED) is 0.790. The number of nitrogens with zero attached hydrogens (tertiary/aromatic N) is 1. The Balaban J connectivity index is 1.88. The van der Waals surface area contributed by atoms with Gasteiger partial charge in [0.2, 0.25) is 0 Å². The standard InChI is InChI=1S/C14H28N2/c1-11(2)16(10-13-5-4-8-15-13)14-7-6-12(3)9-14/h11-15H,4-10H2,1-3H3. The van der Waals surface area contributed by atoms with Crippen molar-refractivity contribution in [2.75, 3.05) is 13.1 Å². The fourth-order valence-corrected chi connectivity index (χ4v) is 3.43. The molecule has 1 aliphatic heterocycles. The molecule has 0 radical (unpaired) electrons. The zero-order valence-corrected chi connectivity index (χ0v) is 11.2. The Morgan fingerprint density at radius 1 is 1.25 bits per heavy atom. The highest BCUT2D eigenvalue weighted by atomic mass is 15.2. The largest absolute Gasteiger partial charge is 0.313 e. The van der Waals surface area contributed by atoms with Crippen LogP contribution in [-0.2, 0) is 0 Å². The second-order valence-electron chi connectivity index (χ2n) is 6.16. The van der Waals surface area contributed by atoms with Crippen LogP contribution in [0.1, 0.15) is 52.9 Å². The van der Waals surface area contributed by atoms with Gasteiger partial charge in [0, 0.05) is 24.7 Å². The maximum Gasteiger partial charge on any atom is 0.0195 e. The topological polar surface area (TPSA) is 15.3 Å². The number of nitrogens with one attached hydrogen (secondary N) is 1. The van der Waals surface area contributed by atoms with E-state index in [2.05, 4.69) is 31.0 Å². The Labute approximate surface area is 101 Å². The average molecular weight is 224 g/mol. The van der Waals surface area contributed by atoms with E-state index in [9.17, 15) is 0 Å². The summed E-state index contributed by atoms with van der Waals surface area (Å²) in [5.74, 6) is 0.947. The third-order valence-electron chi connectivity index (χ3n) is 4.39. The van der Waals surface area contributed by atoms with E-state index < -0.39 is 0 Å². The lowest BCUT2D eigenvalue weighted by molar-refractivity contribution is 0.139. The average Bonchev–Trinajstić information content (AvgIpc) is 2.84. The van der Waals surface area contributed by atoms with Crippen LogP contribution in [0.3, 0.4) is 0 Å². The lowest BCUT2D eigenvalue weighted by atomic mass is 10.1. The van der Waals surface area contributed by atoms with Crippen molar-refractivity contribution in [3.63, 3.8) is 0 Å². The third-order valence-corrected chi connectivity index (χ3v) is 4.39. The van der Waals surface area contributed by atoms with Gasteiger partial charge >= 0.3 is 0 Å². The van der Waals surface area contributed by atoms with Crippen molar-refractivity contribution in [3.8, 4) is 0 Å². The SMILES string of the molecule is CC1CCC(N(CC2CCCN2)C(C)C)C1. The molecule has 3 atom stereocenters. The number of rotatable bonds is 4. The van der Waals surface area contributed by atoms with Gasteiger partial charge in [-0.15, -0.1) is 0 Å². The molecule has 2 nitrogen and oxygen atoms in total. The summed E-state index contributed by atoms with van der Waals surface area (Å²) in [6.07, 6.45) is 7.03. The minimum Gasteiger partial charge on any atom is -0.313 e. The molecular formula is C14H28N2. The smallest absolute Gasteiger partial charge is 0.0195 e. The van der Waals surface area contributed by atoms with E-state index in [-0.39, 0.29) is 0 Å². The summed E-state index contributed by atoms with van der Waals surface area (Å²) < 4.78 is 0. The highest BCUT2D eigenvalue weighted by Crippen LogP contribution is 2.30. The molecule has 1 N–H and O–H groups in total. The van der Waals surface area contributed by atoms with E-state index in [1.54, 1.807) is 0 Å². The molecule has 1 saturated carbocycles. The summed E-state index contributed by atoms with van der Waals surface area (Å²) in [6.45, 7) is 9.63.